The summed E-state index contributed by atoms with van der Waals surface area (Å²) in [5.74, 6) is 0.699. The zero-order valence-electron chi connectivity index (χ0n) is 28.3. The highest BCUT2D eigenvalue weighted by atomic mass is 15.0. The fraction of sp³-hybridized carbons (Fsp3) is 0. The van der Waals surface area contributed by atoms with Crippen LogP contribution in [-0.2, 0) is 0 Å². The smallest absolute Gasteiger partial charge is 0.160 e. The molecule has 10 aromatic rings. The van der Waals surface area contributed by atoms with Crippen LogP contribution in [-0.4, -0.2) is 19.1 Å². The first-order valence-corrected chi connectivity index (χ1v) is 17.6. The predicted octanol–water partition coefficient (Wildman–Crippen LogP) is 12.2. The van der Waals surface area contributed by atoms with Crippen molar-refractivity contribution >= 4 is 32.7 Å². The Kier molecular flexibility index (Phi) is 7.10. The largest absolute Gasteiger partial charge is 0.316 e. The van der Waals surface area contributed by atoms with Crippen molar-refractivity contribution in [3.05, 3.63) is 194 Å². The second kappa shape index (κ2) is 12.4. The van der Waals surface area contributed by atoms with E-state index in [-0.39, 0.29) is 0 Å². The van der Waals surface area contributed by atoms with Crippen LogP contribution in [0.25, 0.3) is 89.1 Å². The normalized spacial score (nSPS) is 11.5. The minimum absolute atomic E-state index is 0.699. The van der Waals surface area contributed by atoms with Gasteiger partial charge in [0.2, 0.25) is 0 Å². The van der Waals surface area contributed by atoms with Gasteiger partial charge >= 0.3 is 0 Å². The van der Waals surface area contributed by atoms with E-state index < -0.39 is 0 Å². The van der Waals surface area contributed by atoms with E-state index >= 15 is 0 Å². The first-order chi connectivity index (χ1) is 25.8. The maximum Gasteiger partial charge on any atom is 0.160 e. The Morgan fingerprint density at radius 2 is 0.942 bits per heavy atom. The second-order valence-corrected chi connectivity index (χ2v) is 13.1. The van der Waals surface area contributed by atoms with Gasteiger partial charge in [0.05, 0.1) is 27.9 Å². The van der Waals surface area contributed by atoms with Crippen molar-refractivity contribution in [1.82, 2.24) is 19.1 Å². The minimum atomic E-state index is 0.699. The molecule has 3 heterocycles. The molecule has 0 N–H and O–H groups in total. The van der Waals surface area contributed by atoms with Gasteiger partial charge in [-0.05, 0) is 65.7 Å². The Hall–Kier alpha value is -7.04. The molecule has 0 radical (unpaired) electrons. The van der Waals surface area contributed by atoms with E-state index in [4.69, 9.17) is 9.97 Å². The fourth-order valence-electron chi connectivity index (χ4n) is 7.51. The highest BCUT2D eigenvalue weighted by Gasteiger charge is 2.19. The molecule has 52 heavy (non-hydrogen) atoms. The second-order valence-electron chi connectivity index (χ2n) is 13.1. The van der Waals surface area contributed by atoms with Crippen LogP contribution in [0.2, 0.25) is 0 Å². The molecule has 0 aliphatic rings. The van der Waals surface area contributed by atoms with Gasteiger partial charge in [0.15, 0.2) is 5.82 Å². The zero-order valence-corrected chi connectivity index (χ0v) is 28.3. The molecule has 0 aliphatic heterocycles. The number of para-hydroxylation sites is 2. The van der Waals surface area contributed by atoms with E-state index in [1.165, 1.54) is 21.7 Å². The molecule has 0 saturated carbocycles. The van der Waals surface area contributed by atoms with E-state index in [0.29, 0.717) is 5.82 Å². The van der Waals surface area contributed by atoms with Crippen LogP contribution >= 0.6 is 0 Å². The van der Waals surface area contributed by atoms with Crippen LogP contribution in [0.3, 0.4) is 0 Å². The summed E-state index contributed by atoms with van der Waals surface area (Å²) < 4.78 is 4.72. The highest BCUT2D eigenvalue weighted by molar-refractivity contribution is 6.18. The molecule has 0 aliphatic carbocycles. The molecule has 4 nitrogen and oxygen atoms in total. The third kappa shape index (κ3) is 5.09. The summed E-state index contributed by atoms with van der Waals surface area (Å²) in [5.41, 5.74) is 12.8. The van der Waals surface area contributed by atoms with Crippen molar-refractivity contribution in [2.45, 2.75) is 0 Å². The number of hydrogen-bond donors (Lipinski definition) is 0. The number of aromatic nitrogens is 4. The molecule has 0 fully saturated rings. The summed E-state index contributed by atoms with van der Waals surface area (Å²) in [7, 11) is 0. The maximum absolute atomic E-state index is 5.24. The average Bonchev–Trinajstić information content (AvgIpc) is 3.82. The monoisotopic (exact) mass is 664 g/mol. The number of benzene rings is 7. The molecule has 3 aromatic heterocycles. The molecule has 244 valence electrons. The Bertz CT molecular complexity index is 2810. The van der Waals surface area contributed by atoms with Crippen LogP contribution in [0.15, 0.2) is 194 Å². The molecule has 0 unspecified atom stereocenters. The van der Waals surface area contributed by atoms with Gasteiger partial charge in [-0.25, -0.2) is 9.97 Å². The number of hydrogen-bond acceptors (Lipinski definition) is 2. The van der Waals surface area contributed by atoms with E-state index in [0.717, 1.165) is 61.6 Å². The first-order valence-electron chi connectivity index (χ1n) is 17.6. The van der Waals surface area contributed by atoms with E-state index in [1.54, 1.807) is 0 Å². The minimum Gasteiger partial charge on any atom is -0.316 e. The van der Waals surface area contributed by atoms with Gasteiger partial charge in [-0.1, -0.05) is 133 Å². The van der Waals surface area contributed by atoms with Crippen molar-refractivity contribution in [1.29, 1.82) is 0 Å². The molecule has 7 aromatic carbocycles. The lowest BCUT2D eigenvalue weighted by molar-refractivity contribution is 1.13. The van der Waals surface area contributed by atoms with Crippen molar-refractivity contribution in [3.8, 4) is 56.4 Å². The van der Waals surface area contributed by atoms with Crippen LogP contribution in [0.4, 0.5) is 0 Å². The van der Waals surface area contributed by atoms with Gasteiger partial charge in [0.1, 0.15) is 0 Å². The van der Waals surface area contributed by atoms with Gasteiger partial charge in [0.25, 0.3) is 0 Å². The molecule has 4 heteroatoms. The van der Waals surface area contributed by atoms with E-state index in [9.17, 15) is 0 Å². The number of fused-ring (bicyclic) bond motifs is 5. The van der Waals surface area contributed by atoms with Gasteiger partial charge in [-0.15, -0.1) is 0 Å². The van der Waals surface area contributed by atoms with Crippen molar-refractivity contribution in [3.63, 3.8) is 0 Å². The molecule has 0 bridgehead atoms. The predicted molar refractivity (Wildman–Crippen MR) is 215 cm³/mol. The standard InChI is InChI=1S/C48H32N4/c1-5-15-33(16-6-1)36-29-37(44-32-43(34-17-7-2-8-18-34)49-48(50-44)35-19-9-3-10-20-35)31-39(30-36)52-46-24-14-13-23-40(46)41-25-26-45-42(47(41)52)27-28-51(45)38-21-11-4-12-22-38/h1-32H. The molecule has 0 saturated heterocycles. The van der Waals surface area contributed by atoms with Gasteiger partial charge in [-0.3, -0.25) is 0 Å². The third-order valence-electron chi connectivity index (χ3n) is 9.94. The Morgan fingerprint density at radius 1 is 0.346 bits per heavy atom. The van der Waals surface area contributed by atoms with Crippen molar-refractivity contribution in [2.75, 3.05) is 0 Å². The summed E-state index contributed by atoms with van der Waals surface area (Å²) >= 11 is 0. The molecule has 0 atom stereocenters. The summed E-state index contributed by atoms with van der Waals surface area (Å²) in [6, 6.07) is 66.3. The van der Waals surface area contributed by atoms with E-state index in [1.807, 2.05) is 24.3 Å². The SMILES string of the molecule is c1ccc(-c2cc(-c3cc(-c4ccccc4)nc(-c4ccccc4)n3)cc(-n3c4ccccc4c4ccc5c(ccn5-c5ccccc5)c43)c2)cc1. The summed E-state index contributed by atoms with van der Waals surface area (Å²) in [6.45, 7) is 0. The van der Waals surface area contributed by atoms with Crippen molar-refractivity contribution in [2.24, 2.45) is 0 Å². The average molecular weight is 665 g/mol. The van der Waals surface area contributed by atoms with Gasteiger partial charge in [-0.2, -0.15) is 0 Å². The first kappa shape index (κ1) is 29.8. The van der Waals surface area contributed by atoms with Crippen LogP contribution in [0.5, 0.6) is 0 Å². The topological polar surface area (TPSA) is 35.6 Å². The Morgan fingerprint density at radius 3 is 1.67 bits per heavy atom. The Balaban J connectivity index is 1.27. The third-order valence-corrected chi connectivity index (χ3v) is 9.94. The lowest BCUT2D eigenvalue weighted by Crippen LogP contribution is -1.99. The molecular weight excluding hydrogens is 633 g/mol. The quantitative estimate of drug-likeness (QED) is 0.177. The molecule has 0 spiro atoms. The van der Waals surface area contributed by atoms with Crippen LogP contribution in [0.1, 0.15) is 0 Å². The number of rotatable bonds is 6. The maximum atomic E-state index is 5.24. The fourth-order valence-corrected chi connectivity index (χ4v) is 7.51. The van der Waals surface area contributed by atoms with Crippen LogP contribution < -0.4 is 0 Å². The summed E-state index contributed by atoms with van der Waals surface area (Å²) in [4.78, 5) is 10.3. The Labute approximate surface area is 301 Å². The summed E-state index contributed by atoms with van der Waals surface area (Å²) in [6.07, 6.45) is 2.18. The molecule has 0 amide bonds. The zero-order chi connectivity index (χ0) is 34.4. The van der Waals surface area contributed by atoms with Crippen molar-refractivity contribution < 1.29 is 0 Å². The number of nitrogens with zero attached hydrogens (tertiary/aromatic N) is 4. The molecule has 10 rings (SSSR count). The highest BCUT2D eigenvalue weighted by Crippen LogP contribution is 2.40. The lowest BCUT2D eigenvalue weighted by atomic mass is 9.99. The van der Waals surface area contributed by atoms with Gasteiger partial charge < -0.3 is 9.13 Å². The van der Waals surface area contributed by atoms with Crippen LogP contribution in [0, 0.1) is 0 Å². The molecular formula is C48H32N4. The lowest BCUT2D eigenvalue weighted by Gasteiger charge is -2.15. The summed E-state index contributed by atoms with van der Waals surface area (Å²) in [5, 5.41) is 3.64. The van der Waals surface area contributed by atoms with E-state index in [2.05, 4.69) is 179 Å². The van der Waals surface area contributed by atoms with Gasteiger partial charge in [0, 0.05) is 50.4 Å².